The van der Waals surface area contributed by atoms with Crippen LogP contribution in [0.25, 0.3) is 0 Å². The maximum atomic E-state index is 12.5. The molecule has 3 aliphatic carbocycles. The van der Waals surface area contributed by atoms with E-state index in [1.165, 1.54) is 0 Å². The van der Waals surface area contributed by atoms with Crippen LogP contribution in [0.3, 0.4) is 0 Å². The van der Waals surface area contributed by atoms with E-state index in [-0.39, 0.29) is 36.7 Å². The highest BCUT2D eigenvalue weighted by Gasteiger charge is 2.62. The molecule has 4 aliphatic rings. The average Bonchev–Trinajstić information content (AvgIpc) is 2.74. The Morgan fingerprint density at radius 3 is 2.43 bits per heavy atom. The molecule has 1 aromatic rings. The molecule has 0 unspecified atom stereocenters. The lowest BCUT2D eigenvalue weighted by Crippen LogP contribution is -2.44. The molecule has 5 nitrogen and oxygen atoms in total. The summed E-state index contributed by atoms with van der Waals surface area (Å²) in [6.45, 7) is -0.220. The number of fused-ring (bicyclic) bond motifs is 1. The summed E-state index contributed by atoms with van der Waals surface area (Å²) in [5.74, 6) is -2.13. The van der Waals surface area contributed by atoms with Gasteiger partial charge in [0.05, 0.1) is 30.9 Å². The van der Waals surface area contributed by atoms with Crippen molar-refractivity contribution in [1.82, 2.24) is 4.90 Å². The van der Waals surface area contributed by atoms with Crippen LogP contribution in [0.4, 0.5) is 0 Å². The van der Waals surface area contributed by atoms with Crippen molar-refractivity contribution in [2.45, 2.75) is 18.3 Å². The van der Waals surface area contributed by atoms with E-state index in [1.807, 2.05) is 24.3 Å². The third kappa shape index (κ3) is 1.47. The molecule has 0 spiro atoms. The number of rotatable bonds is 2. The lowest BCUT2D eigenvalue weighted by molar-refractivity contribution is -0.141. The third-order valence-corrected chi connectivity index (χ3v) is 5.10. The molecule has 1 aliphatic heterocycles. The number of nitrogens with zero attached hydrogens (tertiary/aromatic N) is 1. The quantitative estimate of drug-likeness (QED) is 0.800. The number of likely N-dealkylation sites (tertiary alicyclic amines) is 1. The van der Waals surface area contributed by atoms with Gasteiger partial charge >= 0.3 is 0 Å². The number of aliphatic hydroxyl groups excluding tert-OH is 1. The van der Waals surface area contributed by atoms with Crippen molar-refractivity contribution < 1.29 is 19.5 Å². The summed E-state index contributed by atoms with van der Waals surface area (Å²) < 4.78 is 0. The van der Waals surface area contributed by atoms with Crippen LogP contribution in [-0.2, 0) is 14.4 Å². The van der Waals surface area contributed by atoms with Crippen molar-refractivity contribution in [2.75, 3.05) is 13.2 Å². The molecule has 1 aromatic carbocycles. The van der Waals surface area contributed by atoms with Crippen LogP contribution in [0.2, 0.25) is 0 Å². The van der Waals surface area contributed by atoms with Crippen LogP contribution in [-0.4, -0.2) is 40.8 Å². The second-order valence-electron chi connectivity index (χ2n) is 5.99. The normalized spacial score (nSPS) is 33.4. The van der Waals surface area contributed by atoms with E-state index < -0.39 is 17.8 Å². The first-order valence-electron chi connectivity index (χ1n) is 7.22. The van der Waals surface area contributed by atoms with Crippen LogP contribution in [0.1, 0.15) is 29.4 Å². The number of imide groups is 1. The minimum absolute atomic E-state index is 0.0225. The third-order valence-electron chi connectivity index (χ3n) is 5.10. The van der Waals surface area contributed by atoms with Crippen molar-refractivity contribution >= 4 is 17.6 Å². The van der Waals surface area contributed by atoms with Crippen LogP contribution < -0.4 is 0 Å². The van der Waals surface area contributed by atoms with E-state index >= 15 is 0 Å². The van der Waals surface area contributed by atoms with E-state index in [2.05, 4.69) is 0 Å². The smallest absolute Gasteiger partial charge is 0.234 e. The summed E-state index contributed by atoms with van der Waals surface area (Å²) in [5.41, 5.74) is 1.95. The second-order valence-corrected chi connectivity index (χ2v) is 5.99. The minimum atomic E-state index is -0.565. The molecule has 2 amide bonds. The lowest BCUT2D eigenvalue weighted by Gasteiger charge is -2.43. The number of carbonyl (C=O) groups is 3. The van der Waals surface area contributed by atoms with E-state index in [0.29, 0.717) is 6.42 Å². The average molecular weight is 285 g/mol. The summed E-state index contributed by atoms with van der Waals surface area (Å²) in [6, 6.07) is 7.63. The molecular formula is C16H15NO4. The van der Waals surface area contributed by atoms with Gasteiger partial charge in [-0.3, -0.25) is 19.3 Å². The van der Waals surface area contributed by atoms with Crippen molar-refractivity contribution in [1.29, 1.82) is 0 Å². The molecule has 21 heavy (non-hydrogen) atoms. The molecule has 1 saturated carbocycles. The summed E-state index contributed by atoms with van der Waals surface area (Å²) in [7, 11) is 0. The highest BCUT2D eigenvalue weighted by Crippen LogP contribution is 2.57. The molecule has 0 radical (unpaired) electrons. The van der Waals surface area contributed by atoms with Crippen molar-refractivity contribution in [3.63, 3.8) is 0 Å². The number of hydrogen-bond acceptors (Lipinski definition) is 4. The van der Waals surface area contributed by atoms with Gasteiger partial charge in [-0.05, 0) is 11.1 Å². The summed E-state index contributed by atoms with van der Waals surface area (Å²) in [5, 5.41) is 9.06. The molecule has 1 saturated heterocycles. The molecule has 2 fully saturated rings. The van der Waals surface area contributed by atoms with Crippen LogP contribution >= 0.6 is 0 Å². The Hall–Kier alpha value is -2.01. The largest absolute Gasteiger partial charge is 0.395 e. The summed E-state index contributed by atoms with van der Waals surface area (Å²) in [6.07, 6.45) is 0.342. The van der Waals surface area contributed by atoms with Crippen molar-refractivity contribution in [3.05, 3.63) is 35.4 Å². The van der Waals surface area contributed by atoms with Gasteiger partial charge in [-0.2, -0.15) is 0 Å². The maximum Gasteiger partial charge on any atom is 0.234 e. The maximum absolute atomic E-state index is 12.5. The fourth-order valence-electron chi connectivity index (χ4n) is 4.34. The monoisotopic (exact) mass is 285 g/mol. The van der Waals surface area contributed by atoms with Gasteiger partial charge in [0.15, 0.2) is 0 Å². The van der Waals surface area contributed by atoms with Gasteiger partial charge in [0.2, 0.25) is 11.8 Å². The number of hydrogen-bond donors (Lipinski definition) is 1. The zero-order valence-electron chi connectivity index (χ0n) is 11.4. The van der Waals surface area contributed by atoms with Crippen LogP contribution in [0, 0.1) is 11.8 Å². The molecule has 5 heteroatoms. The Balaban J connectivity index is 1.87. The number of Topliss-reactive ketones (excluding diaryl/α,β-unsaturated/α-hetero) is 1. The number of aliphatic hydroxyl groups is 1. The Morgan fingerprint density at radius 1 is 1.05 bits per heavy atom. The first-order valence-corrected chi connectivity index (χ1v) is 7.22. The molecular weight excluding hydrogens is 270 g/mol. The molecule has 5 rings (SSSR count). The highest BCUT2D eigenvalue weighted by atomic mass is 16.3. The van der Waals surface area contributed by atoms with Crippen molar-refractivity contribution in [3.8, 4) is 0 Å². The Bertz CT molecular complexity index is 668. The molecule has 4 atom stereocenters. The van der Waals surface area contributed by atoms with Gasteiger partial charge in [0.25, 0.3) is 0 Å². The van der Waals surface area contributed by atoms with E-state index in [1.54, 1.807) is 0 Å². The first-order chi connectivity index (χ1) is 10.1. The van der Waals surface area contributed by atoms with Gasteiger partial charge in [-0.15, -0.1) is 0 Å². The van der Waals surface area contributed by atoms with Crippen molar-refractivity contribution in [2.24, 2.45) is 11.8 Å². The Kier molecular flexibility index (Phi) is 2.57. The van der Waals surface area contributed by atoms with E-state index in [4.69, 9.17) is 5.11 Å². The number of amides is 2. The van der Waals surface area contributed by atoms with Crippen LogP contribution in [0.15, 0.2) is 24.3 Å². The topological polar surface area (TPSA) is 74.7 Å². The van der Waals surface area contributed by atoms with Gasteiger partial charge in [-0.25, -0.2) is 0 Å². The SMILES string of the molecule is O=C1C[C@@H]2c3ccccc3[C@@H]1[C@@H]1C(=O)N(CCO)C(=O)[C@@H]12. The molecule has 108 valence electrons. The number of carbonyl (C=O) groups excluding carboxylic acids is 3. The molecule has 1 N–H and O–H groups in total. The summed E-state index contributed by atoms with van der Waals surface area (Å²) >= 11 is 0. The number of β-amino-alcohol motifs (C(OH)–C–C–N with tert-alkyl or cyclic N) is 1. The minimum Gasteiger partial charge on any atom is -0.395 e. The number of ketones is 1. The fourth-order valence-corrected chi connectivity index (χ4v) is 4.34. The van der Waals surface area contributed by atoms with E-state index in [9.17, 15) is 14.4 Å². The predicted octanol–water partition coefficient (Wildman–Crippen LogP) is 0.434. The van der Waals surface area contributed by atoms with E-state index in [0.717, 1.165) is 16.0 Å². The van der Waals surface area contributed by atoms with Gasteiger partial charge in [0, 0.05) is 12.3 Å². The predicted molar refractivity (Wildman–Crippen MR) is 72.3 cm³/mol. The van der Waals surface area contributed by atoms with Gasteiger partial charge < -0.3 is 5.11 Å². The second kappa shape index (κ2) is 4.24. The zero-order chi connectivity index (χ0) is 14.7. The van der Waals surface area contributed by atoms with Crippen LogP contribution in [0.5, 0.6) is 0 Å². The molecule has 0 aromatic heterocycles. The Morgan fingerprint density at radius 2 is 1.71 bits per heavy atom. The number of benzene rings is 1. The Labute approximate surface area is 121 Å². The lowest BCUT2D eigenvalue weighted by atomic mass is 9.56. The molecule has 1 heterocycles. The molecule has 2 bridgehead atoms. The standard InChI is InChI=1S/C16H15NO4/c18-6-5-17-15(20)13-10-7-11(19)12(14(13)16(17)21)9-4-2-1-3-8(9)10/h1-4,10,12-14,18H,5-7H2/t10-,12+,13-,14+/m1/s1. The first kappa shape index (κ1) is 12.7. The summed E-state index contributed by atoms with van der Waals surface area (Å²) in [4.78, 5) is 38.5. The fraction of sp³-hybridized carbons (Fsp3) is 0.438. The highest BCUT2D eigenvalue weighted by molar-refractivity contribution is 6.11. The zero-order valence-corrected chi connectivity index (χ0v) is 11.4. The van der Waals surface area contributed by atoms with Gasteiger partial charge in [-0.1, -0.05) is 24.3 Å². The van der Waals surface area contributed by atoms with Gasteiger partial charge in [0.1, 0.15) is 5.78 Å².